The van der Waals surface area contributed by atoms with Crippen molar-refractivity contribution in [3.63, 3.8) is 0 Å². The fourth-order valence-corrected chi connectivity index (χ4v) is 4.96. The van der Waals surface area contributed by atoms with Crippen molar-refractivity contribution < 1.29 is 14.7 Å². The number of hydrogen-bond acceptors (Lipinski definition) is 9. The van der Waals surface area contributed by atoms with Crippen LogP contribution in [0.5, 0.6) is 0 Å². The fourth-order valence-electron chi connectivity index (χ4n) is 3.92. The van der Waals surface area contributed by atoms with Crippen molar-refractivity contribution in [2.24, 2.45) is 0 Å². The molecule has 2 unspecified atom stereocenters. The molecule has 3 N–H and O–H groups in total. The summed E-state index contributed by atoms with van der Waals surface area (Å²) >= 11 is 7.38. The lowest BCUT2D eigenvalue weighted by atomic mass is 10.0. The summed E-state index contributed by atoms with van der Waals surface area (Å²) in [5.74, 6) is 0.299. The molecule has 0 aliphatic carbocycles. The highest BCUT2D eigenvalue weighted by molar-refractivity contribution is 7.15. The molecule has 4 rings (SSSR count). The van der Waals surface area contributed by atoms with E-state index in [1.807, 2.05) is 36.4 Å². The van der Waals surface area contributed by atoms with Crippen LogP contribution < -0.4 is 10.6 Å². The van der Waals surface area contributed by atoms with Gasteiger partial charge in [0.15, 0.2) is 5.82 Å². The summed E-state index contributed by atoms with van der Waals surface area (Å²) in [5, 5.41) is 34.9. The lowest BCUT2D eigenvalue weighted by Crippen LogP contribution is -2.23. The lowest BCUT2D eigenvalue weighted by Gasteiger charge is -2.16. The van der Waals surface area contributed by atoms with Crippen LogP contribution in [-0.2, 0) is 28.9 Å². The van der Waals surface area contributed by atoms with Crippen molar-refractivity contribution in [1.29, 1.82) is 0 Å². The van der Waals surface area contributed by atoms with Crippen LogP contribution in [0.4, 0.5) is 10.9 Å². The maximum absolute atomic E-state index is 12.2. The average molecular weight is 565 g/mol. The third-order valence-electron chi connectivity index (χ3n) is 5.92. The number of nitrogens with zero attached hydrogens (tertiary/aromatic N) is 4. The molecule has 0 fully saturated rings. The van der Waals surface area contributed by atoms with Crippen LogP contribution in [0.15, 0.2) is 66.7 Å². The minimum Gasteiger partial charge on any atom is -0.388 e. The molecule has 9 nitrogen and oxygen atoms in total. The molecule has 2 atom stereocenters. The first-order chi connectivity index (χ1) is 19.0. The number of halogens is 1. The van der Waals surface area contributed by atoms with Crippen molar-refractivity contribution in [2.45, 2.75) is 50.7 Å². The predicted molar refractivity (Wildman–Crippen MR) is 152 cm³/mol. The van der Waals surface area contributed by atoms with Gasteiger partial charge in [-0.05, 0) is 54.7 Å². The van der Waals surface area contributed by atoms with Gasteiger partial charge >= 0.3 is 0 Å². The standard InChI is InChI=1S/C28H29ClN6O3S/c29-21-10-6-9-20(16-21)24(37)17-23(18-36)30-28-35-34-27(39-28)12-5-4-11-22-13-14-25(33-32-22)31-26(38)15-19-7-2-1-3-8-19/h1-3,6-10,13-14,16,18,23-24,37H,4-5,11-12,15,17H2,(H,30,35)(H,31,33,38). The molecule has 39 heavy (non-hydrogen) atoms. The summed E-state index contributed by atoms with van der Waals surface area (Å²) in [7, 11) is 0. The topological polar surface area (TPSA) is 130 Å². The molecule has 0 aliphatic rings. The van der Waals surface area contributed by atoms with Gasteiger partial charge in [0.2, 0.25) is 11.0 Å². The van der Waals surface area contributed by atoms with Crippen molar-refractivity contribution in [2.75, 3.05) is 10.6 Å². The molecule has 1 amide bonds. The van der Waals surface area contributed by atoms with Crippen LogP contribution in [0.25, 0.3) is 0 Å². The zero-order chi connectivity index (χ0) is 27.5. The number of benzene rings is 2. The monoisotopic (exact) mass is 564 g/mol. The van der Waals surface area contributed by atoms with Gasteiger partial charge in [0.25, 0.3) is 0 Å². The minimum absolute atomic E-state index is 0.133. The van der Waals surface area contributed by atoms with Crippen molar-refractivity contribution in [3.8, 4) is 0 Å². The van der Waals surface area contributed by atoms with Crippen LogP contribution in [0.3, 0.4) is 0 Å². The number of rotatable bonds is 14. The first-order valence-corrected chi connectivity index (χ1v) is 13.8. The number of carbonyl (C=O) groups is 2. The molecule has 4 aromatic rings. The first-order valence-electron chi connectivity index (χ1n) is 12.6. The summed E-state index contributed by atoms with van der Waals surface area (Å²) in [6.07, 6.45) is 3.68. The third kappa shape index (κ3) is 9.20. The molecule has 0 aliphatic heterocycles. The van der Waals surface area contributed by atoms with Gasteiger partial charge in [-0.15, -0.1) is 15.3 Å². The SMILES string of the molecule is O=CC(CC(O)c1cccc(Cl)c1)Nc1nnc(CCCCc2ccc(NC(=O)Cc3ccccc3)nn2)s1. The smallest absolute Gasteiger partial charge is 0.229 e. The second-order valence-electron chi connectivity index (χ2n) is 9.02. The minimum atomic E-state index is -0.832. The van der Waals surface area contributed by atoms with E-state index in [0.29, 0.717) is 21.5 Å². The Morgan fingerprint density at radius 2 is 1.79 bits per heavy atom. The molecular formula is C28H29ClN6O3S. The highest BCUT2D eigenvalue weighted by atomic mass is 35.5. The lowest BCUT2D eigenvalue weighted by molar-refractivity contribution is -0.115. The van der Waals surface area contributed by atoms with Gasteiger partial charge < -0.3 is 20.5 Å². The molecule has 0 saturated heterocycles. The van der Waals surface area contributed by atoms with Gasteiger partial charge in [-0.1, -0.05) is 65.4 Å². The highest BCUT2D eigenvalue weighted by Crippen LogP contribution is 2.24. The van der Waals surface area contributed by atoms with E-state index in [9.17, 15) is 14.7 Å². The molecule has 0 spiro atoms. The number of aldehydes is 1. The van der Waals surface area contributed by atoms with Gasteiger partial charge in [0, 0.05) is 17.9 Å². The number of unbranched alkanes of at least 4 members (excludes halogenated alkanes) is 1. The summed E-state index contributed by atoms with van der Waals surface area (Å²) in [6.45, 7) is 0. The van der Waals surface area contributed by atoms with Crippen LogP contribution >= 0.6 is 22.9 Å². The number of nitrogens with one attached hydrogen (secondary N) is 2. The Morgan fingerprint density at radius 3 is 2.54 bits per heavy atom. The van der Waals surface area contributed by atoms with Gasteiger partial charge in [0.05, 0.1) is 24.3 Å². The van der Waals surface area contributed by atoms with Gasteiger partial charge in [-0.25, -0.2) is 0 Å². The van der Waals surface area contributed by atoms with Crippen LogP contribution in [0.2, 0.25) is 5.02 Å². The number of aromatic nitrogens is 4. The van der Waals surface area contributed by atoms with E-state index in [-0.39, 0.29) is 18.7 Å². The van der Waals surface area contributed by atoms with E-state index in [1.54, 1.807) is 30.3 Å². The van der Waals surface area contributed by atoms with Gasteiger partial charge in [-0.3, -0.25) is 4.79 Å². The average Bonchev–Trinajstić information content (AvgIpc) is 3.39. The Bertz CT molecular complexity index is 1350. The van der Waals surface area contributed by atoms with Crippen LogP contribution in [-0.4, -0.2) is 43.7 Å². The molecule has 0 saturated carbocycles. The van der Waals surface area contributed by atoms with E-state index in [4.69, 9.17) is 11.6 Å². The number of anilines is 2. The normalized spacial score (nSPS) is 12.5. The summed E-state index contributed by atoms with van der Waals surface area (Å²) < 4.78 is 0. The maximum Gasteiger partial charge on any atom is 0.229 e. The van der Waals surface area contributed by atoms with E-state index >= 15 is 0 Å². The largest absolute Gasteiger partial charge is 0.388 e. The Kier molecular flexibility index (Phi) is 10.5. The Labute approximate surface area is 235 Å². The van der Waals surface area contributed by atoms with Gasteiger partial charge in [0.1, 0.15) is 11.3 Å². The second kappa shape index (κ2) is 14.4. The van der Waals surface area contributed by atoms with E-state index in [0.717, 1.165) is 48.2 Å². The molecule has 2 aromatic heterocycles. The Hall–Kier alpha value is -3.73. The van der Waals surface area contributed by atoms with E-state index < -0.39 is 12.1 Å². The number of amides is 1. The summed E-state index contributed by atoms with van der Waals surface area (Å²) in [4.78, 5) is 23.7. The van der Waals surface area contributed by atoms with Crippen molar-refractivity contribution in [3.05, 3.63) is 93.6 Å². The van der Waals surface area contributed by atoms with Crippen LogP contribution in [0, 0.1) is 0 Å². The molecule has 202 valence electrons. The molecular weight excluding hydrogens is 536 g/mol. The fraction of sp³-hybridized carbons (Fsp3) is 0.286. The molecule has 0 bridgehead atoms. The summed E-state index contributed by atoms with van der Waals surface area (Å²) in [5.41, 5.74) is 2.44. The number of carbonyl (C=O) groups excluding carboxylic acids is 2. The predicted octanol–water partition coefficient (Wildman–Crippen LogP) is 4.83. The van der Waals surface area contributed by atoms with Crippen LogP contribution in [0.1, 0.15) is 47.2 Å². The number of hydrogen-bond donors (Lipinski definition) is 3. The number of aliphatic hydroxyl groups is 1. The van der Waals surface area contributed by atoms with Gasteiger partial charge in [-0.2, -0.15) is 5.10 Å². The van der Waals surface area contributed by atoms with Crippen molar-refractivity contribution in [1.82, 2.24) is 20.4 Å². The quantitative estimate of drug-likeness (QED) is 0.147. The Balaban J connectivity index is 1.16. The summed E-state index contributed by atoms with van der Waals surface area (Å²) in [6, 6.07) is 19.5. The third-order valence-corrected chi connectivity index (χ3v) is 7.07. The van der Waals surface area contributed by atoms with E-state index in [2.05, 4.69) is 31.0 Å². The highest BCUT2D eigenvalue weighted by Gasteiger charge is 2.17. The zero-order valence-electron chi connectivity index (χ0n) is 21.2. The molecule has 2 heterocycles. The molecule has 2 aromatic carbocycles. The number of aliphatic hydroxyl groups excluding tert-OH is 1. The number of aryl methyl sites for hydroxylation is 2. The first kappa shape index (κ1) is 28.3. The molecule has 0 radical (unpaired) electrons. The van der Waals surface area contributed by atoms with E-state index in [1.165, 1.54) is 11.3 Å². The maximum atomic E-state index is 12.2. The molecule has 11 heteroatoms. The zero-order valence-corrected chi connectivity index (χ0v) is 22.7. The second-order valence-corrected chi connectivity index (χ2v) is 10.5. The van der Waals surface area contributed by atoms with Crippen molar-refractivity contribution >= 4 is 46.1 Å². The Morgan fingerprint density at radius 1 is 0.974 bits per heavy atom.